The van der Waals surface area contributed by atoms with E-state index >= 15 is 0 Å². The number of nitrogens with zero attached hydrogens (tertiary/aromatic N) is 2. The number of aryl methyl sites for hydroxylation is 1. The van der Waals surface area contributed by atoms with E-state index in [9.17, 15) is 14.3 Å². The Bertz CT molecular complexity index is 531. The van der Waals surface area contributed by atoms with Gasteiger partial charge in [-0.2, -0.15) is 5.10 Å². The van der Waals surface area contributed by atoms with Crippen LogP contribution in [0.5, 0.6) is 0 Å². The van der Waals surface area contributed by atoms with E-state index in [0.29, 0.717) is 11.4 Å². The fourth-order valence-electron chi connectivity index (χ4n) is 1.39. The van der Waals surface area contributed by atoms with Crippen LogP contribution in [0.25, 0.3) is 5.69 Å². The molecule has 2 rings (SSSR count). The molecule has 0 aliphatic rings. The standard InChI is InChI=1S/C11H9FN2O2/c1-7-10(11(15)16)6-14(13-7)9-4-2-8(12)3-5-9/h2-6H,1H3,(H,15,16)/p-1. The highest BCUT2D eigenvalue weighted by Gasteiger charge is 2.06. The van der Waals surface area contributed by atoms with E-state index in [1.54, 1.807) is 6.92 Å². The number of aromatic nitrogens is 2. The van der Waals surface area contributed by atoms with Gasteiger partial charge in [0.25, 0.3) is 0 Å². The minimum atomic E-state index is -1.27. The van der Waals surface area contributed by atoms with Crippen LogP contribution in [0.15, 0.2) is 30.5 Å². The van der Waals surface area contributed by atoms with Gasteiger partial charge in [-0.1, -0.05) is 0 Å². The summed E-state index contributed by atoms with van der Waals surface area (Å²) >= 11 is 0. The number of halogens is 1. The first kappa shape index (κ1) is 10.4. The number of rotatable bonds is 2. The number of carboxylic acids is 1. The first-order chi connectivity index (χ1) is 7.58. The van der Waals surface area contributed by atoms with Gasteiger partial charge in [0.05, 0.1) is 17.4 Å². The first-order valence-electron chi connectivity index (χ1n) is 4.61. The van der Waals surface area contributed by atoms with E-state index in [2.05, 4.69) is 5.10 Å². The number of carboxylic acid groups (broad SMARTS) is 1. The summed E-state index contributed by atoms with van der Waals surface area (Å²) < 4.78 is 14.1. The van der Waals surface area contributed by atoms with Crippen LogP contribution < -0.4 is 5.11 Å². The Morgan fingerprint density at radius 2 is 2.00 bits per heavy atom. The lowest BCUT2D eigenvalue weighted by molar-refractivity contribution is -0.255. The van der Waals surface area contributed by atoms with Crippen molar-refractivity contribution < 1.29 is 14.3 Å². The van der Waals surface area contributed by atoms with Crippen molar-refractivity contribution in [3.8, 4) is 5.69 Å². The maximum absolute atomic E-state index is 12.7. The summed E-state index contributed by atoms with van der Waals surface area (Å²) in [6.07, 6.45) is 1.35. The molecule has 1 aromatic carbocycles. The van der Waals surface area contributed by atoms with Crippen LogP contribution >= 0.6 is 0 Å². The monoisotopic (exact) mass is 219 g/mol. The molecule has 4 nitrogen and oxygen atoms in total. The van der Waals surface area contributed by atoms with Gasteiger partial charge in [0.1, 0.15) is 5.82 Å². The molecule has 0 radical (unpaired) electrons. The molecule has 0 bridgehead atoms. The van der Waals surface area contributed by atoms with E-state index in [0.717, 1.165) is 0 Å². The number of hydrogen-bond acceptors (Lipinski definition) is 3. The number of aromatic carboxylic acids is 1. The van der Waals surface area contributed by atoms with Crippen LogP contribution in [0.2, 0.25) is 0 Å². The number of benzene rings is 1. The van der Waals surface area contributed by atoms with Crippen molar-refractivity contribution in [3.63, 3.8) is 0 Å². The molecule has 5 heteroatoms. The molecule has 16 heavy (non-hydrogen) atoms. The highest BCUT2D eigenvalue weighted by Crippen LogP contribution is 2.11. The van der Waals surface area contributed by atoms with Gasteiger partial charge in [0.15, 0.2) is 0 Å². The second-order valence-electron chi connectivity index (χ2n) is 3.34. The fourth-order valence-corrected chi connectivity index (χ4v) is 1.39. The predicted octanol–water partition coefficient (Wildman–Crippen LogP) is 0.683. The molecule has 1 aromatic heterocycles. The van der Waals surface area contributed by atoms with Gasteiger partial charge >= 0.3 is 0 Å². The van der Waals surface area contributed by atoms with Gasteiger partial charge < -0.3 is 9.90 Å². The van der Waals surface area contributed by atoms with E-state index in [-0.39, 0.29) is 11.4 Å². The van der Waals surface area contributed by atoms with Gasteiger partial charge in [-0.3, -0.25) is 0 Å². The zero-order valence-electron chi connectivity index (χ0n) is 8.48. The number of carbonyl (C=O) groups excluding carboxylic acids is 1. The van der Waals surface area contributed by atoms with Gasteiger partial charge in [-0.25, -0.2) is 9.07 Å². The summed E-state index contributed by atoms with van der Waals surface area (Å²) in [7, 11) is 0. The third-order valence-electron chi connectivity index (χ3n) is 2.21. The lowest BCUT2D eigenvalue weighted by Crippen LogP contribution is -2.22. The maximum Gasteiger partial charge on any atom is 0.123 e. The quantitative estimate of drug-likeness (QED) is 0.746. The van der Waals surface area contributed by atoms with Crippen LogP contribution in [-0.2, 0) is 0 Å². The zero-order chi connectivity index (χ0) is 11.7. The Labute approximate surface area is 90.9 Å². The second-order valence-corrected chi connectivity index (χ2v) is 3.34. The lowest BCUT2D eigenvalue weighted by Gasteiger charge is -2.00. The van der Waals surface area contributed by atoms with E-state index in [1.165, 1.54) is 35.1 Å². The van der Waals surface area contributed by atoms with Gasteiger partial charge in [-0.15, -0.1) is 0 Å². The van der Waals surface area contributed by atoms with Crippen LogP contribution in [0.3, 0.4) is 0 Å². The summed E-state index contributed by atoms with van der Waals surface area (Å²) in [5.74, 6) is -1.63. The molecule has 0 unspecified atom stereocenters. The first-order valence-corrected chi connectivity index (χ1v) is 4.61. The molecule has 0 N–H and O–H groups in total. The van der Waals surface area contributed by atoms with E-state index in [1.807, 2.05) is 0 Å². The predicted molar refractivity (Wildman–Crippen MR) is 52.6 cm³/mol. The van der Waals surface area contributed by atoms with Crippen LogP contribution in [0, 0.1) is 12.7 Å². The Morgan fingerprint density at radius 1 is 1.38 bits per heavy atom. The minimum Gasteiger partial charge on any atom is -0.545 e. The van der Waals surface area contributed by atoms with Crippen molar-refractivity contribution in [2.24, 2.45) is 0 Å². The molecular weight excluding hydrogens is 211 g/mol. The minimum absolute atomic E-state index is 0.0318. The second kappa shape index (κ2) is 3.77. The third-order valence-corrected chi connectivity index (χ3v) is 2.21. The summed E-state index contributed by atoms with van der Waals surface area (Å²) in [4.78, 5) is 10.7. The van der Waals surface area contributed by atoms with Gasteiger partial charge in [-0.05, 0) is 31.2 Å². The van der Waals surface area contributed by atoms with Gasteiger partial charge in [0, 0.05) is 11.8 Å². The van der Waals surface area contributed by atoms with Crippen molar-refractivity contribution in [1.29, 1.82) is 0 Å². The molecule has 2 aromatic rings. The third kappa shape index (κ3) is 1.79. The number of carbonyl (C=O) groups is 1. The summed E-state index contributed by atoms with van der Waals surface area (Å²) in [6.45, 7) is 1.57. The molecule has 82 valence electrons. The van der Waals surface area contributed by atoms with Crippen molar-refractivity contribution in [1.82, 2.24) is 9.78 Å². The molecule has 0 amide bonds. The van der Waals surface area contributed by atoms with Gasteiger partial charge in [0.2, 0.25) is 0 Å². The van der Waals surface area contributed by atoms with Crippen LogP contribution in [0.1, 0.15) is 16.1 Å². The van der Waals surface area contributed by atoms with E-state index in [4.69, 9.17) is 0 Å². The Kier molecular flexibility index (Phi) is 2.44. The van der Waals surface area contributed by atoms with E-state index < -0.39 is 5.97 Å². The SMILES string of the molecule is Cc1nn(-c2ccc(F)cc2)cc1C(=O)[O-]. The molecule has 0 spiro atoms. The zero-order valence-corrected chi connectivity index (χ0v) is 8.48. The molecule has 0 fully saturated rings. The molecule has 0 aliphatic carbocycles. The van der Waals surface area contributed by atoms with Crippen molar-refractivity contribution in [2.75, 3.05) is 0 Å². The van der Waals surface area contributed by atoms with Crippen LogP contribution in [0.4, 0.5) is 4.39 Å². The smallest absolute Gasteiger partial charge is 0.123 e. The Morgan fingerprint density at radius 3 is 2.50 bits per heavy atom. The maximum atomic E-state index is 12.7. The average molecular weight is 219 g/mol. The highest BCUT2D eigenvalue weighted by atomic mass is 19.1. The van der Waals surface area contributed by atoms with Crippen LogP contribution in [-0.4, -0.2) is 15.7 Å². The van der Waals surface area contributed by atoms with Crippen molar-refractivity contribution >= 4 is 5.97 Å². The van der Waals surface area contributed by atoms with Crippen molar-refractivity contribution in [2.45, 2.75) is 6.92 Å². The molecule has 0 saturated carbocycles. The lowest BCUT2D eigenvalue weighted by atomic mass is 10.3. The molecular formula is C11H8FN2O2-. The molecule has 0 saturated heterocycles. The Hall–Kier alpha value is -2.17. The summed E-state index contributed by atoms with van der Waals surface area (Å²) in [5.41, 5.74) is 0.991. The molecule has 0 aliphatic heterocycles. The number of hydrogen-bond donors (Lipinski definition) is 0. The van der Waals surface area contributed by atoms with Crippen molar-refractivity contribution in [3.05, 3.63) is 47.5 Å². The molecule has 0 atom stereocenters. The average Bonchev–Trinajstić information content (AvgIpc) is 2.61. The summed E-state index contributed by atoms with van der Waals surface area (Å²) in [6, 6.07) is 5.59. The topological polar surface area (TPSA) is 58.0 Å². The Balaban J connectivity index is 2.45. The highest BCUT2D eigenvalue weighted by molar-refractivity contribution is 5.86. The summed E-state index contributed by atoms with van der Waals surface area (Å²) in [5, 5.41) is 14.7. The largest absolute Gasteiger partial charge is 0.545 e. The fraction of sp³-hybridized carbons (Fsp3) is 0.0909. The molecule has 1 heterocycles. The normalized spacial score (nSPS) is 10.4.